The second-order valence-corrected chi connectivity index (χ2v) is 10.7. The topological polar surface area (TPSA) is 38.7 Å². The Morgan fingerprint density at radius 2 is 1.74 bits per heavy atom. The third kappa shape index (κ3) is 5.71. The zero-order valence-electron chi connectivity index (χ0n) is 17.9. The third-order valence-electron chi connectivity index (χ3n) is 5.46. The molecule has 4 rings (SSSR count). The minimum absolute atomic E-state index is 0.0490. The van der Waals surface area contributed by atoms with Gasteiger partial charge in [-0.3, -0.25) is 4.79 Å². The van der Waals surface area contributed by atoms with Gasteiger partial charge < -0.3 is 4.84 Å². The van der Waals surface area contributed by atoms with Crippen molar-refractivity contribution in [1.29, 1.82) is 0 Å². The van der Waals surface area contributed by atoms with Gasteiger partial charge in [0.1, 0.15) is 0 Å². The fourth-order valence-electron chi connectivity index (χ4n) is 3.67. The van der Waals surface area contributed by atoms with Gasteiger partial charge in [0.15, 0.2) is 5.78 Å². The highest BCUT2D eigenvalue weighted by Gasteiger charge is 2.62. The van der Waals surface area contributed by atoms with E-state index in [-0.39, 0.29) is 27.1 Å². The lowest BCUT2D eigenvalue weighted by atomic mass is 9.86. The summed E-state index contributed by atoms with van der Waals surface area (Å²) in [4.78, 5) is 18.2. The van der Waals surface area contributed by atoms with Crippen molar-refractivity contribution in [3.63, 3.8) is 0 Å². The number of nitrogens with zero attached hydrogens (tertiary/aromatic N) is 1. The number of hydrogen-bond acceptors (Lipinski definition) is 4. The number of ketones is 1. The van der Waals surface area contributed by atoms with E-state index in [4.69, 9.17) is 28.0 Å². The van der Waals surface area contributed by atoms with Crippen molar-refractivity contribution in [3.8, 4) is 0 Å². The second kappa shape index (κ2) is 10.5. The summed E-state index contributed by atoms with van der Waals surface area (Å²) in [7, 11) is 0. The Bertz CT molecular complexity index is 1270. The van der Waals surface area contributed by atoms with Gasteiger partial charge in [-0.2, -0.15) is 13.2 Å². The van der Waals surface area contributed by atoms with Crippen LogP contribution in [-0.4, -0.2) is 23.4 Å². The van der Waals surface area contributed by atoms with E-state index in [1.54, 1.807) is 30.3 Å². The highest BCUT2D eigenvalue weighted by Crippen LogP contribution is 2.50. The van der Waals surface area contributed by atoms with Gasteiger partial charge in [0.2, 0.25) is 0 Å². The van der Waals surface area contributed by atoms with Crippen LogP contribution in [0.5, 0.6) is 0 Å². The molecule has 0 aliphatic carbocycles. The summed E-state index contributed by atoms with van der Waals surface area (Å²) >= 11 is 16.9. The molecule has 35 heavy (non-hydrogen) atoms. The van der Waals surface area contributed by atoms with E-state index in [9.17, 15) is 18.0 Å². The number of Topliss-reactive ketones (excluding diaryl/α,β-unsaturated/α-hetero) is 1. The van der Waals surface area contributed by atoms with Crippen LogP contribution in [0.3, 0.4) is 0 Å². The van der Waals surface area contributed by atoms with Crippen molar-refractivity contribution >= 4 is 62.4 Å². The summed E-state index contributed by atoms with van der Waals surface area (Å²) in [5.74, 6) is 0.607. The molecule has 0 fully saturated rings. The summed E-state index contributed by atoms with van der Waals surface area (Å²) in [6.07, 6.45) is -4.93. The smallest absolute Gasteiger partial charge is 0.374 e. The van der Waals surface area contributed by atoms with Crippen LogP contribution < -0.4 is 0 Å². The van der Waals surface area contributed by atoms with Crippen molar-refractivity contribution in [3.05, 3.63) is 97.9 Å². The van der Waals surface area contributed by atoms with Crippen LogP contribution in [0.2, 0.25) is 10.0 Å². The van der Waals surface area contributed by atoms with Gasteiger partial charge in [-0.15, -0.1) is 11.8 Å². The molecule has 0 amide bonds. The van der Waals surface area contributed by atoms with E-state index < -0.39 is 18.2 Å². The average Bonchev–Trinajstić information content (AvgIpc) is 3.27. The Hall–Kier alpha value is -2.00. The van der Waals surface area contributed by atoms with Crippen LogP contribution in [0.4, 0.5) is 13.2 Å². The molecular weight excluding hydrogens is 586 g/mol. The highest BCUT2D eigenvalue weighted by molar-refractivity contribution is 9.10. The third-order valence-corrected chi connectivity index (χ3v) is 7.89. The van der Waals surface area contributed by atoms with Gasteiger partial charge >= 0.3 is 6.18 Å². The van der Waals surface area contributed by atoms with Crippen molar-refractivity contribution < 1.29 is 22.8 Å². The zero-order chi connectivity index (χ0) is 25.2. The lowest BCUT2D eigenvalue weighted by Gasteiger charge is -2.29. The number of thioether (sulfide) groups is 1. The number of hydrogen-bond donors (Lipinski definition) is 0. The number of rotatable bonds is 7. The first kappa shape index (κ1) is 26.1. The second-order valence-electron chi connectivity index (χ2n) is 7.82. The van der Waals surface area contributed by atoms with Crippen LogP contribution in [-0.2, 0) is 10.4 Å². The van der Waals surface area contributed by atoms with Crippen LogP contribution in [0.15, 0.2) is 81.3 Å². The summed E-state index contributed by atoms with van der Waals surface area (Å²) < 4.78 is 43.3. The van der Waals surface area contributed by atoms with Gasteiger partial charge in [0, 0.05) is 54.7 Å². The molecule has 0 saturated heterocycles. The van der Waals surface area contributed by atoms with E-state index in [1.165, 1.54) is 30.0 Å². The van der Waals surface area contributed by atoms with Crippen LogP contribution >= 0.6 is 50.9 Å². The molecule has 0 aromatic heterocycles. The van der Waals surface area contributed by atoms with Gasteiger partial charge in [-0.05, 0) is 46.3 Å². The van der Waals surface area contributed by atoms with Gasteiger partial charge in [0.05, 0.1) is 5.71 Å². The average molecular weight is 603 g/mol. The maximum Gasteiger partial charge on any atom is 0.435 e. The SMILES string of the molecule is O=C(CCSc1ccc(C2=NOC(c3cc(Cl)cc(Cl)c3)(C(F)(F)F)C2)cc1Br)c1ccccc1. The molecule has 0 radical (unpaired) electrons. The first-order chi connectivity index (χ1) is 16.6. The van der Waals surface area contributed by atoms with Crippen LogP contribution in [0.25, 0.3) is 0 Å². The predicted octanol–water partition coefficient (Wildman–Crippen LogP) is 8.70. The Morgan fingerprint density at radius 3 is 2.37 bits per heavy atom. The van der Waals surface area contributed by atoms with Gasteiger partial charge in [-0.25, -0.2) is 0 Å². The Kier molecular flexibility index (Phi) is 7.86. The van der Waals surface area contributed by atoms with E-state index in [0.717, 1.165) is 4.90 Å². The Labute approximate surface area is 222 Å². The van der Waals surface area contributed by atoms with Gasteiger partial charge in [-0.1, -0.05) is 64.8 Å². The lowest BCUT2D eigenvalue weighted by molar-refractivity contribution is -0.275. The summed E-state index contributed by atoms with van der Waals surface area (Å²) in [6, 6.07) is 17.9. The molecule has 0 bridgehead atoms. The van der Waals surface area contributed by atoms with Crippen molar-refractivity contribution in [2.24, 2.45) is 5.16 Å². The molecule has 1 heterocycles. The first-order valence-electron chi connectivity index (χ1n) is 10.4. The largest absolute Gasteiger partial charge is 0.435 e. The molecule has 1 aliphatic heterocycles. The molecule has 3 aromatic rings. The number of carbonyl (C=O) groups excluding carboxylic acids is 1. The number of halogens is 6. The molecule has 1 aliphatic rings. The normalized spacial score (nSPS) is 17.7. The van der Waals surface area contributed by atoms with E-state index in [2.05, 4.69) is 21.1 Å². The number of oxime groups is 1. The summed E-state index contributed by atoms with van der Waals surface area (Å²) in [5, 5.41) is 3.93. The summed E-state index contributed by atoms with van der Waals surface area (Å²) in [5.41, 5.74) is -1.60. The van der Waals surface area contributed by atoms with E-state index >= 15 is 0 Å². The van der Waals surface area contributed by atoms with E-state index in [0.29, 0.717) is 27.8 Å². The van der Waals surface area contributed by atoms with Crippen LogP contribution in [0, 0.1) is 0 Å². The molecular formula is C25H17BrCl2F3NO2S. The Morgan fingerprint density at radius 1 is 1.06 bits per heavy atom. The van der Waals surface area contributed by atoms with Gasteiger partial charge in [0.25, 0.3) is 5.60 Å². The molecule has 3 nitrogen and oxygen atoms in total. The first-order valence-corrected chi connectivity index (χ1v) is 12.9. The fourth-order valence-corrected chi connectivity index (χ4v) is 5.78. The number of benzene rings is 3. The van der Waals surface area contributed by atoms with Crippen molar-refractivity contribution in [2.45, 2.75) is 29.5 Å². The molecule has 0 N–H and O–H groups in total. The monoisotopic (exact) mass is 601 g/mol. The van der Waals surface area contributed by atoms with Crippen LogP contribution in [0.1, 0.15) is 34.3 Å². The molecule has 1 unspecified atom stereocenters. The number of carbonyl (C=O) groups is 1. The zero-order valence-corrected chi connectivity index (χ0v) is 21.8. The predicted molar refractivity (Wildman–Crippen MR) is 137 cm³/mol. The standard InChI is InChI=1S/C25H17BrCl2F3NO2S/c26-20-10-16(6-7-23(20)35-9-8-22(33)15-4-2-1-3-5-15)21-14-24(34-32-21,25(29,30)31)17-11-18(27)13-19(28)12-17/h1-7,10-13H,8-9,14H2. The molecule has 182 valence electrons. The minimum atomic E-state index is -4.76. The molecule has 1 atom stereocenters. The Balaban J connectivity index is 1.48. The fraction of sp³-hybridized carbons (Fsp3) is 0.200. The quantitative estimate of drug-likeness (QED) is 0.200. The maximum atomic E-state index is 14.2. The van der Waals surface area contributed by atoms with E-state index in [1.807, 2.05) is 18.2 Å². The van der Waals surface area contributed by atoms with Crippen molar-refractivity contribution in [2.75, 3.05) is 5.75 Å². The highest BCUT2D eigenvalue weighted by atomic mass is 79.9. The molecule has 0 saturated carbocycles. The maximum absolute atomic E-state index is 14.2. The molecule has 0 spiro atoms. The molecule has 3 aromatic carbocycles. The lowest BCUT2D eigenvalue weighted by Crippen LogP contribution is -2.42. The van der Waals surface area contributed by atoms with Crippen molar-refractivity contribution in [1.82, 2.24) is 0 Å². The summed E-state index contributed by atoms with van der Waals surface area (Å²) in [6.45, 7) is 0. The number of alkyl halides is 3. The minimum Gasteiger partial charge on any atom is -0.374 e. The molecule has 10 heteroatoms.